The fourth-order valence-electron chi connectivity index (χ4n) is 2.51. The Morgan fingerprint density at radius 3 is 2.67 bits per heavy atom. The first-order valence-electron chi connectivity index (χ1n) is 6.74. The quantitative estimate of drug-likeness (QED) is 0.867. The van der Waals surface area contributed by atoms with Crippen LogP contribution < -0.4 is 5.32 Å². The lowest BCUT2D eigenvalue weighted by atomic mass is 9.98. The molecule has 1 fully saturated rings. The normalized spacial score (nSPS) is 19.1. The Morgan fingerprint density at radius 1 is 1.33 bits per heavy atom. The van der Waals surface area contributed by atoms with Crippen molar-refractivity contribution in [1.29, 1.82) is 0 Å². The summed E-state index contributed by atoms with van der Waals surface area (Å²) < 4.78 is 0.934. The van der Waals surface area contributed by atoms with E-state index in [0.29, 0.717) is 12.0 Å². The van der Waals surface area contributed by atoms with Crippen LogP contribution in [0.2, 0.25) is 0 Å². The van der Waals surface area contributed by atoms with E-state index < -0.39 is 0 Å². The third kappa shape index (κ3) is 3.77. The van der Waals surface area contributed by atoms with E-state index in [1.54, 1.807) is 0 Å². The summed E-state index contributed by atoms with van der Waals surface area (Å²) in [6.45, 7) is 8.97. The summed E-state index contributed by atoms with van der Waals surface area (Å²) in [4.78, 5) is 7.22. The highest BCUT2D eigenvalue weighted by molar-refractivity contribution is 9.10. The molecule has 1 aromatic heterocycles. The maximum absolute atomic E-state index is 4.66. The van der Waals surface area contributed by atoms with Gasteiger partial charge in [-0.15, -0.1) is 0 Å². The number of pyridine rings is 1. The number of aromatic nitrogens is 1. The zero-order valence-electron chi connectivity index (χ0n) is 11.2. The van der Waals surface area contributed by atoms with Gasteiger partial charge in [0.05, 0.1) is 11.7 Å². The molecule has 3 nitrogen and oxygen atoms in total. The SMILES string of the molecule is CC(C)C[C@H](c1cccc(Br)n1)N1CCNCC1. The molecule has 1 aliphatic heterocycles. The molecule has 100 valence electrons. The number of hydrogen-bond acceptors (Lipinski definition) is 3. The van der Waals surface area contributed by atoms with Crippen LogP contribution in [-0.2, 0) is 0 Å². The number of halogens is 1. The molecule has 1 N–H and O–H groups in total. The van der Waals surface area contributed by atoms with E-state index in [0.717, 1.165) is 30.8 Å². The second kappa shape index (κ2) is 6.64. The first-order valence-corrected chi connectivity index (χ1v) is 7.53. The fraction of sp³-hybridized carbons (Fsp3) is 0.643. The summed E-state index contributed by atoms with van der Waals surface area (Å²) in [5, 5.41) is 3.41. The minimum Gasteiger partial charge on any atom is -0.314 e. The number of nitrogens with zero attached hydrogens (tertiary/aromatic N) is 2. The molecule has 1 aliphatic rings. The standard InChI is InChI=1S/C14H22BrN3/c1-11(2)10-13(18-8-6-16-7-9-18)12-4-3-5-14(15)17-12/h3-5,11,13,16H,6-10H2,1-2H3/t13-/m1/s1. The summed E-state index contributed by atoms with van der Waals surface area (Å²) in [6, 6.07) is 6.68. The van der Waals surface area contributed by atoms with Crippen LogP contribution in [0.25, 0.3) is 0 Å². The van der Waals surface area contributed by atoms with E-state index in [1.807, 2.05) is 6.07 Å². The third-order valence-corrected chi connectivity index (χ3v) is 3.81. The Morgan fingerprint density at radius 2 is 2.06 bits per heavy atom. The van der Waals surface area contributed by atoms with Crippen molar-refractivity contribution in [2.75, 3.05) is 26.2 Å². The van der Waals surface area contributed by atoms with Crippen LogP contribution in [-0.4, -0.2) is 36.1 Å². The van der Waals surface area contributed by atoms with Crippen molar-refractivity contribution in [3.05, 3.63) is 28.5 Å². The first kappa shape index (κ1) is 14.0. The molecule has 1 saturated heterocycles. The highest BCUT2D eigenvalue weighted by Crippen LogP contribution is 2.27. The van der Waals surface area contributed by atoms with Crippen molar-refractivity contribution < 1.29 is 0 Å². The Bertz CT molecular complexity index is 375. The van der Waals surface area contributed by atoms with Crippen molar-refractivity contribution in [2.24, 2.45) is 5.92 Å². The predicted molar refractivity (Wildman–Crippen MR) is 78.6 cm³/mol. The number of piperazine rings is 1. The van der Waals surface area contributed by atoms with Gasteiger partial charge in [0.25, 0.3) is 0 Å². The predicted octanol–water partition coefficient (Wildman–Crippen LogP) is 2.84. The van der Waals surface area contributed by atoms with Gasteiger partial charge in [-0.05, 0) is 40.4 Å². The molecule has 0 radical (unpaired) electrons. The molecule has 2 rings (SSSR count). The summed E-state index contributed by atoms with van der Waals surface area (Å²) in [5.41, 5.74) is 1.19. The van der Waals surface area contributed by atoms with E-state index in [-0.39, 0.29) is 0 Å². The molecular formula is C14H22BrN3. The molecule has 0 saturated carbocycles. The van der Waals surface area contributed by atoms with Gasteiger partial charge in [-0.2, -0.15) is 0 Å². The molecule has 0 unspecified atom stereocenters. The van der Waals surface area contributed by atoms with Crippen LogP contribution in [0.1, 0.15) is 32.0 Å². The summed E-state index contributed by atoms with van der Waals surface area (Å²) in [7, 11) is 0. The summed E-state index contributed by atoms with van der Waals surface area (Å²) >= 11 is 3.48. The van der Waals surface area contributed by atoms with E-state index in [9.17, 15) is 0 Å². The van der Waals surface area contributed by atoms with Crippen molar-refractivity contribution in [3.8, 4) is 0 Å². The Kier molecular flexibility index (Phi) is 5.15. The fourth-order valence-corrected chi connectivity index (χ4v) is 2.86. The lowest BCUT2D eigenvalue weighted by Crippen LogP contribution is -2.45. The zero-order valence-corrected chi connectivity index (χ0v) is 12.8. The average molecular weight is 312 g/mol. The number of rotatable bonds is 4. The maximum atomic E-state index is 4.66. The zero-order chi connectivity index (χ0) is 13.0. The van der Waals surface area contributed by atoms with E-state index in [2.05, 4.69) is 57.1 Å². The second-order valence-electron chi connectivity index (χ2n) is 5.32. The van der Waals surface area contributed by atoms with Crippen molar-refractivity contribution in [3.63, 3.8) is 0 Å². The van der Waals surface area contributed by atoms with Gasteiger partial charge in [-0.3, -0.25) is 4.90 Å². The van der Waals surface area contributed by atoms with Crippen molar-refractivity contribution in [2.45, 2.75) is 26.3 Å². The van der Waals surface area contributed by atoms with Crippen molar-refractivity contribution >= 4 is 15.9 Å². The molecule has 1 atom stereocenters. The molecule has 0 spiro atoms. The highest BCUT2D eigenvalue weighted by atomic mass is 79.9. The molecule has 1 aromatic rings. The topological polar surface area (TPSA) is 28.2 Å². The number of nitrogens with one attached hydrogen (secondary N) is 1. The van der Waals surface area contributed by atoms with Gasteiger partial charge in [-0.25, -0.2) is 4.98 Å². The lowest BCUT2D eigenvalue weighted by molar-refractivity contribution is 0.151. The second-order valence-corrected chi connectivity index (χ2v) is 6.13. The highest BCUT2D eigenvalue weighted by Gasteiger charge is 2.24. The van der Waals surface area contributed by atoms with Gasteiger partial charge in [0.2, 0.25) is 0 Å². The summed E-state index contributed by atoms with van der Waals surface area (Å²) in [6.07, 6.45) is 1.17. The minimum atomic E-state index is 0.449. The molecular weight excluding hydrogens is 290 g/mol. The van der Waals surface area contributed by atoms with Crippen LogP contribution in [0.5, 0.6) is 0 Å². The molecule has 0 aromatic carbocycles. The Labute approximate surface area is 118 Å². The first-order chi connectivity index (χ1) is 8.66. The average Bonchev–Trinajstić information content (AvgIpc) is 2.37. The van der Waals surface area contributed by atoms with Crippen LogP contribution in [0.4, 0.5) is 0 Å². The summed E-state index contributed by atoms with van der Waals surface area (Å²) in [5.74, 6) is 0.686. The van der Waals surface area contributed by atoms with Gasteiger partial charge < -0.3 is 5.32 Å². The lowest BCUT2D eigenvalue weighted by Gasteiger charge is -2.35. The van der Waals surface area contributed by atoms with Gasteiger partial charge >= 0.3 is 0 Å². The molecule has 0 amide bonds. The van der Waals surface area contributed by atoms with Gasteiger partial charge in [0.15, 0.2) is 0 Å². The van der Waals surface area contributed by atoms with Crippen LogP contribution in [0.3, 0.4) is 0 Å². The van der Waals surface area contributed by atoms with Gasteiger partial charge in [0.1, 0.15) is 4.60 Å². The molecule has 0 bridgehead atoms. The van der Waals surface area contributed by atoms with E-state index in [1.165, 1.54) is 12.1 Å². The van der Waals surface area contributed by atoms with E-state index >= 15 is 0 Å². The number of hydrogen-bond donors (Lipinski definition) is 1. The van der Waals surface area contributed by atoms with Crippen LogP contribution in [0.15, 0.2) is 22.8 Å². The molecule has 4 heteroatoms. The van der Waals surface area contributed by atoms with Crippen LogP contribution in [0, 0.1) is 5.92 Å². The molecule has 2 heterocycles. The Balaban J connectivity index is 2.18. The minimum absolute atomic E-state index is 0.449. The third-order valence-electron chi connectivity index (χ3n) is 3.37. The van der Waals surface area contributed by atoms with Crippen LogP contribution >= 0.6 is 15.9 Å². The Hall–Kier alpha value is -0.450. The monoisotopic (exact) mass is 311 g/mol. The van der Waals surface area contributed by atoms with Gasteiger partial charge in [-0.1, -0.05) is 19.9 Å². The molecule has 0 aliphatic carbocycles. The van der Waals surface area contributed by atoms with Gasteiger partial charge in [0, 0.05) is 26.2 Å². The van der Waals surface area contributed by atoms with Crippen molar-refractivity contribution in [1.82, 2.24) is 15.2 Å². The smallest absolute Gasteiger partial charge is 0.106 e. The van der Waals surface area contributed by atoms with E-state index in [4.69, 9.17) is 0 Å². The molecule has 18 heavy (non-hydrogen) atoms. The maximum Gasteiger partial charge on any atom is 0.106 e. The largest absolute Gasteiger partial charge is 0.314 e.